The molecule has 2 aromatic carbocycles. The normalized spacial score (nSPS) is 13.0. The van der Waals surface area contributed by atoms with Crippen molar-refractivity contribution in [3.63, 3.8) is 0 Å². The zero-order valence-electron chi connectivity index (χ0n) is 17.2. The Balaban J connectivity index is 1.89. The zero-order chi connectivity index (χ0) is 23.3. The molecular formula is C21H20Cl2N5O4+. The summed E-state index contributed by atoms with van der Waals surface area (Å²) < 4.78 is 9.45. The van der Waals surface area contributed by atoms with Crippen molar-refractivity contribution < 1.29 is 19.1 Å². The van der Waals surface area contributed by atoms with Crippen LogP contribution in [0.1, 0.15) is 19.4 Å². The first kappa shape index (κ1) is 23.1. The summed E-state index contributed by atoms with van der Waals surface area (Å²) in [6.07, 6.45) is -0.799. The number of alkyl carbamates (subject to hydrolysis) is 1. The number of hydrogen-bond donors (Lipinski definition) is 3. The van der Waals surface area contributed by atoms with Gasteiger partial charge < -0.3 is 4.74 Å². The number of anilines is 1. The van der Waals surface area contributed by atoms with Gasteiger partial charge in [0.2, 0.25) is 0 Å². The number of guanidine groups is 2. The maximum absolute atomic E-state index is 12.4. The molecule has 11 heteroatoms. The molecule has 0 aromatic heterocycles. The molecule has 0 atom stereocenters. The molecule has 1 aliphatic heterocycles. The highest BCUT2D eigenvalue weighted by molar-refractivity contribution is 6.45. The van der Waals surface area contributed by atoms with Gasteiger partial charge in [0, 0.05) is 0 Å². The Hall–Kier alpha value is -3.52. The number of nitrogens with one attached hydrogen (secondary N) is 3. The van der Waals surface area contributed by atoms with Crippen LogP contribution in [0, 0.1) is 0 Å². The number of halogens is 2. The van der Waals surface area contributed by atoms with Crippen LogP contribution < -0.4 is 20.6 Å². The first-order valence-corrected chi connectivity index (χ1v) is 10.3. The lowest BCUT2D eigenvalue weighted by Crippen LogP contribution is -2.44. The van der Waals surface area contributed by atoms with Gasteiger partial charge in [0.15, 0.2) is 0 Å². The van der Waals surface area contributed by atoms with Crippen molar-refractivity contribution in [2.45, 2.75) is 26.5 Å². The predicted molar refractivity (Wildman–Crippen MR) is 122 cm³/mol. The van der Waals surface area contributed by atoms with Crippen LogP contribution in [0.25, 0.3) is 0 Å². The molecule has 166 valence electrons. The van der Waals surface area contributed by atoms with Gasteiger partial charge in [0.1, 0.15) is 6.61 Å². The summed E-state index contributed by atoms with van der Waals surface area (Å²) in [5.41, 5.74) is 1.25. The van der Waals surface area contributed by atoms with Gasteiger partial charge >= 0.3 is 29.8 Å². The fraction of sp³-hybridized carbons (Fsp3) is 0.190. The van der Waals surface area contributed by atoms with E-state index in [4.69, 9.17) is 27.9 Å². The lowest BCUT2D eigenvalue weighted by molar-refractivity contribution is -0.140. The van der Waals surface area contributed by atoms with Crippen molar-refractivity contribution in [1.82, 2.24) is 20.2 Å². The SMILES string of the molecule is CC(C)N1C(=O)C(=O)NC1=[N+]=C(NC(=O)OCc1ccccc1)Nc1ccc(Cl)c(Cl)c1. The Morgan fingerprint density at radius 2 is 1.84 bits per heavy atom. The molecule has 9 nitrogen and oxygen atoms in total. The fourth-order valence-corrected chi connectivity index (χ4v) is 3.04. The number of benzene rings is 2. The summed E-state index contributed by atoms with van der Waals surface area (Å²) in [5, 5.41) is 8.37. The topological polar surface area (TPSA) is 114 Å². The van der Waals surface area contributed by atoms with Gasteiger partial charge in [-0.25, -0.2) is 19.7 Å². The fourth-order valence-electron chi connectivity index (χ4n) is 2.74. The van der Waals surface area contributed by atoms with Crippen LogP contribution in [0.3, 0.4) is 0 Å². The molecule has 0 bridgehead atoms. The average Bonchev–Trinajstić information content (AvgIpc) is 3.03. The molecule has 1 fully saturated rings. The van der Waals surface area contributed by atoms with Crippen LogP contribution in [0.15, 0.2) is 48.5 Å². The molecule has 3 N–H and O–H groups in total. The summed E-state index contributed by atoms with van der Waals surface area (Å²) in [7, 11) is 0. The molecule has 32 heavy (non-hydrogen) atoms. The van der Waals surface area contributed by atoms with E-state index in [2.05, 4.69) is 20.6 Å². The van der Waals surface area contributed by atoms with E-state index in [1.807, 2.05) is 30.3 Å². The van der Waals surface area contributed by atoms with Crippen molar-refractivity contribution in [2.75, 3.05) is 5.32 Å². The smallest absolute Gasteiger partial charge is 0.437 e. The molecule has 3 amide bonds. The van der Waals surface area contributed by atoms with E-state index in [0.29, 0.717) is 10.7 Å². The number of ether oxygens (including phenoxy) is 1. The molecular weight excluding hydrogens is 457 g/mol. The Bertz CT molecular complexity index is 1110. The van der Waals surface area contributed by atoms with Crippen molar-refractivity contribution in [3.8, 4) is 0 Å². The van der Waals surface area contributed by atoms with Crippen LogP contribution in [0.5, 0.6) is 0 Å². The van der Waals surface area contributed by atoms with Gasteiger partial charge in [0.05, 0.1) is 21.8 Å². The second-order valence-electron chi connectivity index (χ2n) is 6.95. The Morgan fingerprint density at radius 1 is 1.12 bits per heavy atom. The van der Waals surface area contributed by atoms with Crippen molar-refractivity contribution in [3.05, 3.63) is 64.1 Å². The molecule has 0 unspecified atom stereocenters. The van der Waals surface area contributed by atoms with Crippen molar-refractivity contribution >= 4 is 58.7 Å². The minimum Gasteiger partial charge on any atom is -0.437 e. The van der Waals surface area contributed by atoms with Crippen molar-refractivity contribution in [1.29, 1.82) is 0 Å². The number of carbonyl (C=O) groups excluding carboxylic acids is 3. The van der Waals surface area contributed by atoms with Crippen molar-refractivity contribution in [2.24, 2.45) is 0 Å². The quantitative estimate of drug-likeness (QED) is 0.271. The number of hydrogen-bond acceptors (Lipinski definition) is 4. The minimum absolute atomic E-state index is 0.0383. The van der Waals surface area contributed by atoms with Gasteiger partial charge in [-0.1, -0.05) is 53.5 Å². The highest BCUT2D eigenvalue weighted by atomic mass is 35.5. The number of rotatable bonds is 4. The third-order valence-corrected chi connectivity index (χ3v) is 4.96. The number of nitrogens with zero attached hydrogens (tertiary/aromatic N) is 2. The molecule has 0 spiro atoms. The monoisotopic (exact) mass is 476 g/mol. The molecule has 0 radical (unpaired) electrons. The highest BCUT2D eigenvalue weighted by Crippen LogP contribution is 2.24. The van der Waals surface area contributed by atoms with E-state index < -0.39 is 17.9 Å². The maximum Gasteiger partial charge on any atom is 0.452 e. The third-order valence-electron chi connectivity index (χ3n) is 4.22. The Morgan fingerprint density at radius 3 is 2.50 bits per heavy atom. The van der Waals surface area contributed by atoms with E-state index in [-0.39, 0.29) is 29.6 Å². The second kappa shape index (κ2) is 10.2. The van der Waals surface area contributed by atoms with Crippen LogP contribution in [-0.2, 0) is 20.9 Å². The minimum atomic E-state index is -0.821. The van der Waals surface area contributed by atoms with Gasteiger partial charge in [0.25, 0.3) is 0 Å². The third kappa shape index (κ3) is 5.79. The Labute approximate surface area is 194 Å². The molecule has 1 saturated heterocycles. The van der Waals surface area contributed by atoms with Crippen LogP contribution >= 0.6 is 23.2 Å². The summed E-state index contributed by atoms with van der Waals surface area (Å²) in [5.74, 6) is -1.71. The van der Waals surface area contributed by atoms with Gasteiger partial charge in [-0.3, -0.25) is 14.9 Å². The van der Waals surface area contributed by atoms with E-state index in [9.17, 15) is 14.4 Å². The summed E-state index contributed by atoms with van der Waals surface area (Å²) in [6, 6.07) is 13.5. The molecule has 3 rings (SSSR count). The molecule has 2 aromatic rings. The second-order valence-corrected chi connectivity index (χ2v) is 7.76. The van der Waals surface area contributed by atoms with E-state index in [0.717, 1.165) is 5.56 Å². The summed E-state index contributed by atoms with van der Waals surface area (Å²) >= 11 is 12.0. The van der Waals surface area contributed by atoms with Gasteiger partial charge in [-0.05, 0) is 37.6 Å². The Kier molecular flexibility index (Phi) is 7.37. The molecule has 0 saturated carbocycles. The van der Waals surface area contributed by atoms with Gasteiger partial charge in [-0.2, -0.15) is 5.32 Å². The van der Waals surface area contributed by atoms with E-state index in [1.165, 1.54) is 11.0 Å². The van der Waals surface area contributed by atoms with Crippen LogP contribution in [0.4, 0.5) is 10.5 Å². The van der Waals surface area contributed by atoms with Crippen LogP contribution in [-0.4, -0.2) is 40.8 Å². The first-order chi connectivity index (χ1) is 15.2. The number of carbonyl (C=O) groups is 3. The predicted octanol–water partition coefficient (Wildman–Crippen LogP) is 2.48. The standard InChI is InChI=1S/C21H19Cl2N5O4/c1-12(2)28-18(30)17(29)25-20(28)26-19(24-14-8-9-15(22)16(23)10-14)27-21(31)32-11-13-6-4-3-5-7-13/h3-10,12H,11H2,1-2H3,(H2,24,25,26,27,29,31)/p+1. The maximum atomic E-state index is 12.4. The van der Waals surface area contributed by atoms with E-state index in [1.54, 1.807) is 26.0 Å². The largest absolute Gasteiger partial charge is 0.452 e. The molecule has 1 aliphatic rings. The zero-order valence-corrected chi connectivity index (χ0v) is 18.7. The summed E-state index contributed by atoms with van der Waals surface area (Å²) in [4.78, 5) is 37.5. The molecule has 0 aliphatic carbocycles. The summed E-state index contributed by atoms with van der Waals surface area (Å²) in [6.45, 7) is 3.49. The lowest BCUT2D eigenvalue weighted by Gasteiger charge is -2.12. The lowest BCUT2D eigenvalue weighted by atomic mass is 10.2. The molecule has 1 heterocycles. The first-order valence-electron chi connectivity index (χ1n) is 9.54. The average molecular weight is 477 g/mol. The van der Waals surface area contributed by atoms with E-state index >= 15 is 0 Å². The van der Waals surface area contributed by atoms with Gasteiger partial charge in [-0.15, -0.1) is 0 Å². The highest BCUT2D eigenvalue weighted by Gasteiger charge is 2.43. The van der Waals surface area contributed by atoms with Crippen LogP contribution in [0.2, 0.25) is 10.0 Å². The number of amides is 3.